The van der Waals surface area contributed by atoms with E-state index in [4.69, 9.17) is 0 Å². The molecule has 2 aromatic heterocycles. The predicted octanol–water partition coefficient (Wildman–Crippen LogP) is 2.23. The predicted molar refractivity (Wildman–Crippen MR) is 104 cm³/mol. The van der Waals surface area contributed by atoms with E-state index < -0.39 is 0 Å². The van der Waals surface area contributed by atoms with Gasteiger partial charge in [0.2, 0.25) is 0 Å². The lowest BCUT2D eigenvalue weighted by molar-refractivity contribution is 0.677. The number of hydrogen-bond acceptors (Lipinski definition) is 3. The lowest BCUT2D eigenvalue weighted by Crippen LogP contribution is -2.38. The monoisotopic (exact) mass is 348 g/mol. The molecule has 6 heteroatoms. The molecule has 0 amide bonds. The first kappa shape index (κ1) is 17.7. The molecule has 3 rings (SSSR count). The molecule has 0 fully saturated rings. The zero-order valence-corrected chi connectivity index (χ0v) is 15.0. The number of aromatic nitrogens is 3. The molecule has 6 nitrogen and oxygen atoms in total. The van der Waals surface area contributed by atoms with E-state index in [0.29, 0.717) is 6.54 Å². The summed E-state index contributed by atoms with van der Waals surface area (Å²) in [6.07, 6.45) is 8.37. The first-order valence-corrected chi connectivity index (χ1v) is 8.73. The van der Waals surface area contributed by atoms with Crippen molar-refractivity contribution in [1.82, 2.24) is 25.4 Å². The summed E-state index contributed by atoms with van der Waals surface area (Å²) in [5.74, 6) is 0.794. The molecule has 0 atom stereocenters. The van der Waals surface area contributed by atoms with Gasteiger partial charge in [-0.2, -0.15) is 5.10 Å². The molecular weight excluding hydrogens is 324 g/mol. The summed E-state index contributed by atoms with van der Waals surface area (Å²) in [5.41, 5.74) is 3.69. The van der Waals surface area contributed by atoms with Crippen molar-refractivity contribution in [3.8, 4) is 0 Å². The molecular formula is C20H24N6. The Morgan fingerprint density at radius 1 is 1.04 bits per heavy atom. The van der Waals surface area contributed by atoms with Crippen LogP contribution in [-0.2, 0) is 19.5 Å². The molecule has 0 radical (unpaired) electrons. The maximum atomic E-state index is 4.30. The zero-order valence-electron chi connectivity index (χ0n) is 15.0. The van der Waals surface area contributed by atoms with Crippen LogP contribution in [0, 0.1) is 0 Å². The Kier molecular flexibility index (Phi) is 6.36. The maximum Gasteiger partial charge on any atom is 0.191 e. The molecule has 3 aromatic rings. The molecule has 2 N–H and O–H groups in total. The van der Waals surface area contributed by atoms with Crippen molar-refractivity contribution in [2.45, 2.75) is 19.5 Å². The highest BCUT2D eigenvalue weighted by atomic mass is 15.3. The van der Waals surface area contributed by atoms with Crippen LogP contribution in [0.4, 0.5) is 0 Å². The number of hydrogen-bond donors (Lipinski definition) is 2. The van der Waals surface area contributed by atoms with Crippen molar-refractivity contribution in [3.05, 3.63) is 83.9 Å². The molecule has 0 saturated heterocycles. The molecule has 0 aliphatic carbocycles. The first-order chi connectivity index (χ1) is 12.8. The third-order valence-electron chi connectivity index (χ3n) is 4.11. The van der Waals surface area contributed by atoms with Gasteiger partial charge >= 0.3 is 0 Å². The second kappa shape index (κ2) is 9.36. The van der Waals surface area contributed by atoms with Gasteiger partial charge in [0.15, 0.2) is 5.96 Å². The van der Waals surface area contributed by atoms with E-state index in [-0.39, 0.29) is 0 Å². The Morgan fingerprint density at radius 2 is 1.92 bits per heavy atom. The van der Waals surface area contributed by atoms with Crippen LogP contribution in [0.15, 0.2) is 72.2 Å². The van der Waals surface area contributed by atoms with Gasteiger partial charge in [-0.3, -0.25) is 14.7 Å². The number of benzene rings is 1. The van der Waals surface area contributed by atoms with Crippen LogP contribution in [0.1, 0.15) is 16.7 Å². The van der Waals surface area contributed by atoms with Gasteiger partial charge in [-0.25, -0.2) is 0 Å². The lowest BCUT2D eigenvalue weighted by Gasteiger charge is -2.14. The van der Waals surface area contributed by atoms with Crippen molar-refractivity contribution in [2.75, 3.05) is 13.6 Å². The Labute approximate surface area is 154 Å². The summed E-state index contributed by atoms with van der Waals surface area (Å²) >= 11 is 0. The minimum absolute atomic E-state index is 0.712. The fourth-order valence-electron chi connectivity index (χ4n) is 2.72. The number of rotatable bonds is 7. The van der Waals surface area contributed by atoms with Gasteiger partial charge in [0.25, 0.3) is 0 Å². The van der Waals surface area contributed by atoms with Gasteiger partial charge in [0.1, 0.15) is 0 Å². The molecule has 0 spiro atoms. The normalized spacial score (nSPS) is 11.3. The lowest BCUT2D eigenvalue weighted by atomic mass is 10.1. The highest BCUT2D eigenvalue weighted by molar-refractivity contribution is 5.79. The molecule has 26 heavy (non-hydrogen) atoms. The van der Waals surface area contributed by atoms with E-state index in [1.165, 1.54) is 16.7 Å². The fraction of sp³-hybridized carbons (Fsp3) is 0.250. The minimum atomic E-state index is 0.712. The van der Waals surface area contributed by atoms with Gasteiger partial charge < -0.3 is 10.6 Å². The molecule has 0 aliphatic rings. The van der Waals surface area contributed by atoms with Gasteiger partial charge in [-0.1, -0.05) is 30.3 Å². The number of pyridine rings is 1. The van der Waals surface area contributed by atoms with Crippen LogP contribution in [0.25, 0.3) is 0 Å². The summed E-state index contributed by atoms with van der Waals surface area (Å²) in [5, 5.41) is 11.0. The molecule has 0 bridgehead atoms. The van der Waals surface area contributed by atoms with E-state index >= 15 is 0 Å². The third-order valence-corrected chi connectivity index (χ3v) is 4.11. The summed E-state index contributed by atoms with van der Waals surface area (Å²) < 4.78 is 1.93. The van der Waals surface area contributed by atoms with Crippen molar-refractivity contribution >= 4 is 5.96 Å². The van der Waals surface area contributed by atoms with Crippen molar-refractivity contribution < 1.29 is 0 Å². The quantitative estimate of drug-likeness (QED) is 0.508. The average molecular weight is 348 g/mol. The minimum Gasteiger partial charge on any atom is -0.356 e. The van der Waals surface area contributed by atoms with Gasteiger partial charge in [0.05, 0.1) is 6.54 Å². The molecule has 134 valence electrons. The van der Waals surface area contributed by atoms with Gasteiger partial charge in [-0.05, 0) is 35.2 Å². The van der Waals surface area contributed by atoms with Crippen LogP contribution in [0.3, 0.4) is 0 Å². The highest BCUT2D eigenvalue weighted by Gasteiger charge is 2.04. The third kappa shape index (κ3) is 5.17. The second-order valence-electron chi connectivity index (χ2n) is 5.94. The summed E-state index contributed by atoms with van der Waals surface area (Å²) in [6, 6.07) is 14.4. The van der Waals surface area contributed by atoms with Crippen LogP contribution in [-0.4, -0.2) is 34.3 Å². The van der Waals surface area contributed by atoms with Crippen LogP contribution in [0.2, 0.25) is 0 Å². The van der Waals surface area contributed by atoms with Crippen LogP contribution >= 0.6 is 0 Å². The molecule has 0 unspecified atom stereocenters. The largest absolute Gasteiger partial charge is 0.356 e. The number of nitrogens with zero attached hydrogens (tertiary/aromatic N) is 4. The standard InChI is InChI=1S/C20H24N6/c1-21-20(23-12-9-17-6-4-10-22-14-17)24-15-18-7-2-3-8-19(18)16-26-13-5-11-25-26/h2-8,10-11,13-14H,9,12,15-16H2,1H3,(H2,21,23,24). The Hall–Kier alpha value is -3.15. The maximum absolute atomic E-state index is 4.30. The topological polar surface area (TPSA) is 67.1 Å². The summed E-state index contributed by atoms with van der Waals surface area (Å²) in [7, 11) is 1.79. The first-order valence-electron chi connectivity index (χ1n) is 8.73. The van der Waals surface area contributed by atoms with E-state index in [9.17, 15) is 0 Å². The average Bonchev–Trinajstić information content (AvgIpc) is 3.19. The Bertz CT molecular complexity index is 811. The Morgan fingerprint density at radius 3 is 2.65 bits per heavy atom. The SMILES string of the molecule is CN=C(NCCc1cccnc1)NCc1ccccc1Cn1cccn1. The van der Waals surface area contributed by atoms with Crippen molar-refractivity contribution in [2.24, 2.45) is 4.99 Å². The summed E-state index contributed by atoms with van der Waals surface area (Å²) in [4.78, 5) is 8.44. The van der Waals surface area contributed by atoms with E-state index in [1.807, 2.05) is 29.2 Å². The van der Waals surface area contributed by atoms with E-state index in [0.717, 1.165) is 25.5 Å². The number of guanidine groups is 1. The van der Waals surface area contributed by atoms with Crippen molar-refractivity contribution in [3.63, 3.8) is 0 Å². The summed E-state index contributed by atoms with van der Waals surface area (Å²) in [6.45, 7) is 2.28. The van der Waals surface area contributed by atoms with E-state index in [1.54, 1.807) is 19.4 Å². The highest BCUT2D eigenvalue weighted by Crippen LogP contribution is 2.10. The van der Waals surface area contributed by atoms with Crippen LogP contribution in [0.5, 0.6) is 0 Å². The van der Waals surface area contributed by atoms with E-state index in [2.05, 4.69) is 56.0 Å². The van der Waals surface area contributed by atoms with Crippen molar-refractivity contribution in [1.29, 1.82) is 0 Å². The molecule has 0 saturated carbocycles. The van der Waals surface area contributed by atoms with Gasteiger partial charge in [0, 0.05) is 44.9 Å². The second-order valence-corrected chi connectivity index (χ2v) is 5.94. The fourth-order valence-corrected chi connectivity index (χ4v) is 2.72. The Balaban J connectivity index is 1.52. The zero-order chi connectivity index (χ0) is 18.0. The molecule has 0 aliphatic heterocycles. The molecule has 1 aromatic carbocycles. The van der Waals surface area contributed by atoms with Crippen LogP contribution < -0.4 is 10.6 Å². The van der Waals surface area contributed by atoms with Gasteiger partial charge in [-0.15, -0.1) is 0 Å². The smallest absolute Gasteiger partial charge is 0.191 e. The number of nitrogens with one attached hydrogen (secondary N) is 2. The number of aliphatic imine (C=N–C) groups is 1. The molecule has 2 heterocycles.